The number of carbonyl (C=O) groups excluding carboxylic acids is 2. The molecule has 0 aromatic rings. The van der Waals surface area contributed by atoms with Crippen molar-refractivity contribution < 1.29 is 9.59 Å². The van der Waals surface area contributed by atoms with Crippen molar-refractivity contribution in [2.45, 2.75) is 71.9 Å². The minimum atomic E-state index is -0.754. The number of imide groups is 1. The molecule has 2 rings (SSSR count). The summed E-state index contributed by atoms with van der Waals surface area (Å²) in [5.41, 5.74) is -0.754. The van der Waals surface area contributed by atoms with Gasteiger partial charge in [-0.05, 0) is 57.9 Å². The monoisotopic (exact) mass is 323 g/mol. The van der Waals surface area contributed by atoms with Gasteiger partial charge in [-0.2, -0.15) is 0 Å². The molecule has 23 heavy (non-hydrogen) atoms. The third-order valence-electron chi connectivity index (χ3n) is 5.37. The Morgan fingerprint density at radius 1 is 1.17 bits per heavy atom. The maximum atomic E-state index is 12.2. The second kappa shape index (κ2) is 7.20. The van der Waals surface area contributed by atoms with Gasteiger partial charge in [-0.3, -0.25) is 9.69 Å². The van der Waals surface area contributed by atoms with Crippen molar-refractivity contribution in [2.75, 3.05) is 19.6 Å². The lowest BCUT2D eigenvalue weighted by Gasteiger charge is -2.33. The van der Waals surface area contributed by atoms with E-state index in [2.05, 4.69) is 31.0 Å². The van der Waals surface area contributed by atoms with Crippen LogP contribution in [-0.2, 0) is 4.79 Å². The second-order valence-corrected chi connectivity index (χ2v) is 8.18. The van der Waals surface area contributed by atoms with Gasteiger partial charge in [0, 0.05) is 19.1 Å². The molecule has 0 radical (unpaired) electrons. The smallest absolute Gasteiger partial charge is 0.324 e. The highest BCUT2D eigenvalue weighted by Crippen LogP contribution is 2.26. The summed E-state index contributed by atoms with van der Waals surface area (Å²) >= 11 is 0. The van der Waals surface area contributed by atoms with Crippen molar-refractivity contribution in [2.24, 2.45) is 11.8 Å². The van der Waals surface area contributed by atoms with Crippen molar-refractivity contribution in [3.8, 4) is 0 Å². The average molecular weight is 323 g/mol. The molecule has 0 aliphatic carbocycles. The lowest BCUT2D eigenvalue weighted by atomic mass is 9.95. The van der Waals surface area contributed by atoms with Crippen molar-refractivity contribution in [1.82, 2.24) is 15.1 Å². The second-order valence-electron chi connectivity index (χ2n) is 8.18. The Hall–Kier alpha value is -1.10. The van der Waals surface area contributed by atoms with Crippen LogP contribution >= 0.6 is 0 Å². The summed E-state index contributed by atoms with van der Waals surface area (Å²) in [5, 5.41) is 2.75. The molecule has 2 aliphatic heterocycles. The van der Waals surface area contributed by atoms with E-state index in [1.165, 1.54) is 24.2 Å². The molecule has 0 bridgehead atoms. The summed E-state index contributed by atoms with van der Waals surface area (Å²) in [5.74, 6) is 1.34. The Bertz CT molecular complexity index is 448. The molecule has 5 heteroatoms. The number of hydrogen-bond acceptors (Lipinski definition) is 3. The Morgan fingerprint density at radius 2 is 1.87 bits per heavy atom. The van der Waals surface area contributed by atoms with Crippen LogP contribution in [0.1, 0.15) is 60.3 Å². The maximum Gasteiger partial charge on any atom is 0.325 e. The van der Waals surface area contributed by atoms with Gasteiger partial charge in [0.05, 0.1) is 0 Å². The molecule has 3 amide bonds. The zero-order valence-corrected chi connectivity index (χ0v) is 15.4. The molecule has 2 saturated heterocycles. The number of amides is 3. The largest absolute Gasteiger partial charge is 0.325 e. The van der Waals surface area contributed by atoms with E-state index in [0.717, 1.165) is 25.4 Å². The topological polar surface area (TPSA) is 52.6 Å². The van der Waals surface area contributed by atoms with Gasteiger partial charge in [-0.25, -0.2) is 4.79 Å². The fourth-order valence-electron chi connectivity index (χ4n) is 3.82. The van der Waals surface area contributed by atoms with E-state index < -0.39 is 5.54 Å². The first kappa shape index (κ1) is 18.2. The quantitative estimate of drug-likeness (QED) is 0.792. The third-order valence-corrected chi connectivity index (χ3v) is 5.37. The van der Waals surface area contributed by atoms with E-state index in [4.69, 9.17) is 0 Å². The minimum absolute atomic E-state index is 0.104. The van der Waals surface area contributed by atoms with Crippen molar-refractivity contribution >= 4 is 11.9 Å². The predicted octanol–water partition coefficient (Wildman–Crippen LogP) is 2.85. The van der Waals surface area contributed by atoms with Gasteiger partial charge in [0.1, 0.15) is 5.54 Å². The summed E-state index contributed by atoms with van der Waals surface area (Å²) in [4.78, 5) is 28.1. The van der Waals surface area contributed by atoms with Gasteiger partial charge >= 0.3 is 6.03 Å². The number of rotatable bonds is 5. The Morgan fingerprint density at radius 3 is 2.43 bits per heavy atom. The van der Waals surface area contributed by atoms with E-state index in [-0.39, 0.29) is 11.9 Å². The average Bonchev–Trinajstić information content (AvgIpc) is 2.60. The first-order valence-corrected chi connectivity index (χ1v) is 9.10. The zero-order chi connectivity index (χ0) is 17.2. The van der Waals surface area contributed by atoms with Crippen LogP contribution in [0.3, 0.4) is 0 Å². The number of hydrogen-bond donors (Lipinski definition) is 1. The summed E-state index contributed by atoms with van der Waals surface area (Å²) in [6.07, 6.45) is 4.67. The molecule has 2 heterocycles. The van der Waals surface area contributed by atoms with Gasteiger partial charge < -0.3 is 10.2 Å². The Labute approximate surface area is 140 Å². The van der Waals surface area contributed by atoms with Crippen LogP contribution in [0, 0.1) is 11.8 Å². The van der Waals surface area contributed by atoms with Crippen LogP contribution in [0.15, 0.2) is 0 Å². The number of nitrogens with one attached hydrogen (secondary N) is 1. The number of urea groups is 1. The normalized spacial score (nSPS) is 29.0. The number of likely N-dealkylation sites (tertiary alicyclic amines) is 1. The van der Waals surface area contributed by atoms with Gasteiger partial charge in [-0.1, -0.05) is 20.8 Å². The molecule has 2 aliphatic rings. The molecule has 0 aromatic carbocycles. The highest BCUT2D eigenvalue weighted by atomic mass is 16.2. The highest BCUT2D eigenvalue weighted by Gasteiger charge is 2.43. The van der Waals surface area contributed by atoms with Crippen molar-refractivity contribution in [1.29, 1.82) is 0 Å². The van der Waals surface area contributed by atoms with Crippen molar-refractivity contribution in [3.05, 3.63) is 0 Å². The zero-order valence-electron chi connectivity index (χ0n) is 15.4. The summed E-state index contributed by atoms with van der Waals surface area (Å²) < 4.78 is 0. The maximum absolute atomic E-state index is 12.2. The van der Waals surface area contributed by atoms with Crippen LogP contribution in [0.4, 0.5) is 4.79 Å². The fraction of sp³-hybridized carbons (Fsp3) is 0.889. The molecule has 0 aromatic heterocycles. The van der Waals surface area contributed by atoms with E-state index in [1.807, 2.05) is 0 Å². The molecule has 2 unspecified atom stereocenters. The van der Waals surface area contributed by atoms with Crippen LogP contribution < -0.4 is 5.32 Å². The minimum Gasteiger partial charge on any atom is -0.324 e. The van der Waals surface area contributed by atoms with Crippen LogP contribution in [0.25, 0.3) is 0 Å². The van der Waals surface area contributed by atoms with Crippen LogP contribution in [-0.4, -0.2) is 53.0 Å². The summed E-state index contributed by atoms with van der Waals surface area (Å²) in [6, 6.07) is 0.379. The van der Waals surface area contributed by atoms with Gasteiger partial charge in [0.2, 0.25) is 0 Å². The van der Waals surface area contributed by atoms with Crippen molar-refractivity contribution in [3.63, 3.8) is 0 Å². The van der Waals surface area contributed by atoms with E-state index in [9.17, 15) is 9.59 Å². The molecule has 0 saturated carbocycles. The first-order valence-electron chi connectivity index (χ1n) is 9.10. The lowest BCUT2D eigenvalue weighted by molar-refractivity contribution is -0.130. The fourth-order valence-corrected chi connectivity index (χ4v) is 3.82. The molecule has 2 fully saturated rings. The summed E-state index contributed by atoms with van der Waals surface area (Å²) in [6.45, 7) is 13.1. The van der Waals surface area contributed by atoms with E-state index >= 15 is 0 Å². The number of carbonyl (C=O) groups is 2. The standard InChI is InChI=1S/C18H33N3O2/c1-13(2)15-8-7-14(3)9-12-20(15)10-6-11-21-16(22)18(4,5)19-17(21)23/h13-15H,6-12H2,1-5H3,(H,19,23). The number of nitrogens with zero attached hydrogens (tertiary/aromatic N) is 2. The van der Waals surface area contributed by atoms with Crippen LogP contribution in [0.2, 0.25) is 0 Å². The van der Waals surface area contributed by atoms with Crippen LogP contribution in [0.5, 0.6) is 0 Å². The van der Waals surface area contributed by atoms with E-state index in [1.54, 1.807) is 13.8 Å². The SMILES string of the molecule is CC1CCC(C(C)C)N(CCCN2C(=O)NC(C)(C)C2=O)CC1. The molecule has 0 spiro atoms. The predicted molar refractivity (Wildman–Crippen MR) is 92.2 cm³/mol. The van der Waals surface area contributed by atoms with Gasteiger partial charge in [0.15, 0.2) is 0 Å². The molecule has 2 atom stereocenters. The Kier molecular flexibility index (Phi) is 5.71. The lowest BCUT2D eigenvalue weighted by Crippen LogP contribution is -2.42. The van der Waals surface area contributed by atoms with Gasteiger partial charge in [0.25, 0.3) is 5.91 Å². The molecule has 1 N–H and O–H groups in total. The van der Waals surface area contributed by atoms with E-state index in [0.29, 0.717) is 18.5 Å². The molecule has 132 valence electrons. The highest BCUT2D eigenvalue weighted by molar-refractivity contribution is 6.06. The molecular weight excluding hydrogens is 290 g/mol. The summed E-state index contributed by atoms with van der Waals surface area (Å²) in [7, 11) is 0. The third kappa shape index (κ3) is 4.25. The molecule has 5 nitrogen and oxygen atoms in total. The van der Waals surface area contributed by atoms with Gasteiger partial charge in [-0.15, -0.1) is 0 Å². The Balaban J connectivity index is 1.89. The first-order chi connectivity index (χ1) is 10.7. The molecular formula is C18H33N3O2.